The number of benzene rings is 2. The largest absolute Gasteiger partial charge is 0.394 e. The Morgan fingerprint density at radius 2 is 1.85 bits per heavy atom. The van der Waals surface area contributed by atoms with Crippen LogP contribution in [0.2, 0.25) is 0 Å². The van der Waals surface area contributed by atoms with E-state index in [4.69, 9.17) is 4.74 Å². The van der Waals surface area contributed by atoms with Crippen molar-refractivity contribution in [1.29, 1.82) is 0 Å². The summed E-state index contributed by atoms with van der Waals surface area (Å²) in [5.41, 5.74) is 2.29. The summed E-state index contributed by atoms with van der Waals surface area (Å²) < 4.78 is 5.61. The van der Waals surface area contributed by atoms with Crippen molar-refractivity contribution < 1.29 is 19.4 Å². The molecule has 2 atom stereocenters. The van der Waals surface area contributed by atoms with Crippen LogP contribution in [0.3, 0.4) is 0 Å². The molecule has 5 heteroatoms. The number of carbonyl (C=O) groups excluding carboxylic acids is 2. The fourth-order valence-electron chi connectivity index (χ4n) is 2.74. The highest BCUT2D eigenvalue weighted by molar-refractivity contribution is 5.94. The maximum absolute atomic E-state index is 12.7. The van der Waals surface area contributed by atoms with Crippen molar-refractivity contribution in [3.63, 3.8) is 0 Å². The van der Waals surface area contributed by atoms with Crippen molar-refractivity contribution in [2.45, 2.75) is 32.4 Å². The predicted octanol–water partition coefficient (Wildman–Crippen LogP) is 2.69. The Bertz CT molecular complexity index is 730. The average molecular weight is 355 g/mol. The molecule has 0 aromatic heterocycles. The Hall–Kier alpha value is -2.50. The highest BCUT2D eigenvalue weighted by Gasteiger charge is 2.23. The number of aliphatic hydroxyl groups is 1. The number of rotatable bonds is 9. The van der Waals surface area contributed by atoms with E-state index in [1.165, 1.54) is 6.92 Å². The van der Waals surface area contributed by atoms with Gasteiger partial charge >= 0.3 is 0 Å². The number of aliphatic hydroxyl groups excluding tert-OH is 1. The molecule has 1 amide bonds. The van der Waals surface area contributed by atoms with Gasteiger partial charge in [0.15, 0.2) is 5.78 Å². The summed E-state index contributed by atoms with van der Waals surface area (Å²) >= 11 is 0. The molecule has 2 N–H and O–H groups in total. The van der Waals surface area contributed by atoms with Gasteiger partial charge < -0.3 is 15.2 Å². The fourth-order valence-corrected chi connectivity index (χ4v) is 2.74. The lowest BCUT2D eigenvalue weighted by Crippen LogP contribution is -2.41. The Morgan fingerprint density at radius 1 is 1.12 bits per heavy atom. The van der Waals surface area contributed by atoms with Gasteiger partial charge in [0.2, 0.25) is 5.91 Å². The van der Waals surface area contributed by atoms with Gasteiger partial charge in [0.05, 0.1) is 12.6 Å². The zero-order chi connectivity index (χ0) is 18.9. The van der Waals surface area contributed by atoms with Crippen LogP contribution in [0.25, 0.3) is 0 Å². The molecular formula is C21H25NO4. The molecule has 0 aliphatic carbocycles. The smallest absolute Gasteiger partial charge is 0.250 e. The predicted molar refractivity (Wildman–Crippen MR) is 100.0 cm³/mol. The Morgan fingerprint density at radius 3 is 2.46 bits per heavy atom. The number of ketones is 1. The van der Waals surface area contributed by atoms with E-state index in [9.17, 15) is 14.7 Å². The maximum atomic E-state index is 12.7. The third-order valence-corrected chi connectivity index (χ3v) is 4.12. The molecule has 0 spiro atoms. The highest BCUT2D eigenvalue weighted by Crippen LogP contribution is 2.14. The minimum absolute atomic E-state index is 0.0197. The molecular weight excluding hydrogens is 330 g/mol. The second kappa shape index (κ2) is 9.85. The van der Waals surface area contributed by atoms with Crippen molar-refractivity contribution in [3.05, 3.63) is 71.3 Å². The molecule has 0 bridgehead atoms. The number of hydrogen-bond donors (Lipinski definition) is 2. The maximum Gasteiger partial charge on any atom is 0.250 e. The van der Waals surface area contributed by atoms with Gasteiger partial charge in [0.25, 0.3) is 0 Å². The molecule has 0 unspecified atom stereocenters. The summed E-state index contributed by atoms with van der Waals surface area (Å²) in [6, 6.07) is 16.0. The molecule has 0 saturated carbocycles. The van der Waals surface area contributed by atoms with Gasteiger partial charge in [-0.15, -0.1) is 0 Å². The summed E-state index contributed by atoms with van der Waals surface area (Å²) in [4.78, 5) is 24.2. The summed E-state index contributed by atoms with van der Waals surface area (Å²) in [6.07, 6.45) is -0.340. The number of ether oxygens (including phenoxy) is 1. The van der Waals surface area contributed by atoms with Gasteiger partial charge in [0, 0.05) is 18.6 Å². The zero-order valence-corrected chi connectivity index (χ0v) is 15.1. The van der Waals surface area contributed by atoms with Crippen LogP contribution in [0.5, 0.6) is 0 Å². The molecule has 138 valence electrons. The van der Waals surface area contributed by atoms with E-state index in [0.717, 1.165) is 11.1 Å². The van der Waals surface area contributed by atoms with Gasteiger partial charge in [-0.05, 0) is 31.0 Å². The molecule has 0 aliphatic rings. The quantitative estimate of drug-likeness (QED) is 0.678. The van der Waals surface area contributed by atoms with Gasteiger partial charge in [-0.25, -0.2) is 0 Å². The van der Waals surface area contributed by atoms with E-state index in [2.05, 4.69) is 5.32 Å². The van der Waals surface area contributed by atoms with Crippen molar-refractivity contribution >= 4 is 11.7 Å². The first kappa shape index (κ1) is 19.8. The van der Waals surface area contributed by atoms with Crippen LogP contribution < -0.4 is 5.32 Å². The normalized spacial score (nSPS) is 13.0. The van der Waals surface area contributed by atoms with Crippen molar-refractivity contribution in [2.75, 3.05) is 13.2 Å². The van der Waals surface area contributed by atoms with Gasteiger partial charge in [-0.1, -0.05) is 48.5 Å². The lowest BCUT2D eigenvalue weighted by atomic mass is 10.0. The van der Waals surface area contributed by atoms with E-state index in [1.54, 1.807) is 18.2 Å². The van der Waals surface area contributed by atoms with Crippen LogP contribution in [0.4, 0.5) is 0 Å². The van der Waals surface area contributed by atoms with Crippen LogP contribution in [0.1, 0.15) is 41.4 Å². The average Bonchev–Trinajstić information content (AvgIpc) is 2.66. The van der Waals surface area contributed by atoms with Crippen LogP contribution in [-0.2, 0) is 16.0 Å². The minimum atomic E-state index is -0.694. The first-order valence-electron chi connectivity index (χ1n) is 8.72. The lowest BCUT2D eigenvalue weighted by molar-refractivity contribution is -0.133. The van der Waals surface area contributed by atoms with E-state index < -0.39 is 12.1 Å². The second-order valence-corrected chi connectivity index (χ2v) is 6.06. The molecule has 0 saturated heterocycles. The van der Waals surface area contributed by atoms with E-state index in [0.29, 0.717) is 18.6 Å². The van der Waals surface area contributed by atoms with Crippen LogP contribution in [-0.4, -0.2) is 36.1 Å². The number of hydrogen-bond acceptors (Lipinski definition) is 4. The molecule has 0 radical (unpaired) electrons. The molecule has 0 heterocycles. The molecule has 0 aliphatic heterocycles. The van der Waals surface area contributed by atoms with Gasteiger partial charge in [-0.3, -0.25) is 9.59 Å². The Kier molecular flexibility index (Phi) is 7.51. The summed E-state index contributed by atoms with van der Waals surface area (Å²) in [6.45, 7) is 3.53. The minimum Gasteiger partial charge on any atom is -0.394 e. The highest BCUT2D eigenvalue weighted by atomic mass is 16.5. The van der Waals surface area contributed by atoms with Crippen molar-refractivity contribution in [3.8, 4) is 0 Å². The number of nitrogens with one attached hydrogen (secondary N) is 1. The molecule has 2 aromatic rings. The Balaban J connectivity index is 2.11. The van der Waals surface area contributed by atoms with Gasteiger partial charge in [-0.2, -0.15) is 0 Å². The number of carbonyl (C=O) groups is 2. The standard InChI is InChI=1S/C21H25NO4/c1-3-26-20(13-16-8-7-11-18(12-16)15(2)24)21(25)22-19(14-23)17-9-5-4-6-10-17/h4-12,19-20,23H,3,13-14H2,1-2H3,(H,22,25)/t19-,20+/m0/s1. The number of Topliss-reactive ketones (excluding diaryl/α,β-unsaturated/α-hetero) is 1. The molecule has 2 aromatic carbocycles. The molecule has 5 nitrogen and oxygen atoms in total. The first-order chi connectivity index (χ1) is 12.5. The van der Waals surface area contributed by atoms with Crippen LogP contribution in [0, 0.1) is 0 Å². The SMILES string of the molecule is CCO[C@H](Cc1cccc(C(C)=O)c1)C(=O)N[C@@H](CO)c1ccccc1. The third kappa shape index (κ3) is 5.51. The second-order valence-electron chi connectivity index (χ2n) is 6.06. The monoisotopic (exact) mass is 355 g/mol. The lowest BCUT2D eigenvalue weighted by Gasteiger charge is -2.22. The van der Waals surface area contributed by atoms with Crippen LogP contribution >= 0.6 is 0 Å². The van der Waals surface area contributed by atoms with E-state index >= 15 is 0 Å². The Labute approximate surface area is 154 Å². The van der Waals surface area contributed by atoms with Gasteiger partial charge in [0.1, 0.15) is 6.10 Å². The molecule has 0 fully saturated rings. The molecule has 2 rings (SSSR count). The first-order valence-corrected chi connectivity index (χ1v) is 8.72. The van der Waals surface area contributed by atoms with Crippen molar-refractivity contribution in [1.82, 2.24) is 5.32 Å². The number of amides is 1. The fraction of sp³-hybridized carbons (Fsp3) is 0.333. The van der Waals surface area contributed by atoms with E-state index in [1.807, 2.05) is 43.3 Å². The zero-order valence-electron chi connectivity index (χ0n) is 15.1. The van der Waals surface area contributed by atoms with Crippen molar-refractivity contribution in [2.24, 2.45) is 0 Å². The summed E-state index contributed by atoms with van der Waals surface area (Å²) in [5.74, 6) is -0.309. The van der Waals surface area contributed by atoms with Crippen LogP contribution in [0.15, 0.2) is 54.6 Å². The molecule has 26 heavy (non-hydrogen) atoms. The third-order valence-electron chi connectivity index (χ3n) is 4.12. The van der Waals surface area contributed by atoms with E-state index in [-0.39, 0.29) is 18.3 Å². The topological polar surface area (TPSA) is 75.6 Å². The summed E-state index contributed by atoms with van der Waals surface area (Å²) in [7, 11) is 0. The summed E-state index contributed by atoms with van der Waals surface area (Å²) in [5, 5.41) is 12.5.